The predicted octanol–water partition coefficient (Wildman–Crippen LogP) is 2.01. The fourth-order valence-electron chi connectivity index (χ4n) is 3.43. The third kappa shape index (κ3) is 3.27. The normalized spacial score (nSPS) is 15.1. The molecule has 1 fully saturated rings. The van der Waals surface area contributed by atoms with E-state index in [1.165, 1.54) is 10.9 Å². The molecule has 1 amide bonds. The van der Waals surface area contributed by atoms with Crippen molar-refractivity contribution in [1.82, 2.24) is 14.3 Å². The number of amides is 1. The first-order valence-corrected chi connectivity index (χ1v) is 11.2. The number of benzene rings is 1. The highest BCUT2D eigenvalue weighted by Gasteiger charge is 2.26. The number of aromatic nitrogens is 2. The van der Waals surface area contributed by atoms with Gasteiger partial charge in [0.25, 0.3) is 10.0 Å². The Hall–Kier alpha value is -2.43. The minimum absolute atomic E-state index is 0.126. The molecule has 4 rings (SSSR count). The van der Waals surface area contributed by atoms with Crippen LogP contribution in [0.5, 0.6) is 0 Å². The highest BCUT2D eigenvalue weighted by atomic mass is 32.2. The van der Waals surface area contributed by atoms with Gasteiger partial charge in [-0.05, 0) is 25.1 Å². The highest BCUT2D eigenvalue weighted by Crippen LogP contribution is 2.34. The van der Waals surface area contributed by atoms with Crippen molar-refractivity contribution in [2.75, 3.05) is 36.4 Å². The van der Waals surface area contributed by atoms with Crippen LogP contribution in [-0.4, -0.2) is 49.5 Å². The third-order valence-corrected chi connectivity index (χ3v) is 8.01. The van der Waals surface area contributed by atoms with Crippen molar-refractivity contribution in [2.24, 2.45) is 0 Å². The van der Waals surface area contributed by atoms with Gasteiger partial charge in [-0.1, -0.05) is 17.4 Å². The maximum atomic E-state index is 13.3. The summed E-state index contributed by atoms with van der Waals surface area (Å²) in [5.74, 6) is -0.287. The number of carbonyl (C=O) groups excluding carboxylic acids is 1. The van der Waals surface area contributed by atoms with E-state index in [0.717, 1.165) is 48.6 Å². The van der Waals surface area contributed by atoms with Crippen molar-refractivity contribution in [1.29, 1.82) is 0 Å². The lowest BCUT2D eigenvalue weighted by Crippen LogP contribution is -2.43. The number of fused-ring (bicyclic) bond motifs is 1. The second-order valence-electron chi connectivity index (χ2n) is 6.64. The van der Waals surface area contributed by atoms with E-state index in [1.54, 1.807) is 13.1 Å². The average Bonchev–Trinajstić information content (AvgIpc) is 3.26. The molecule has 0 aliphatic carbocycles. The summed E-state index contributed by atoms with van der Waals surface area (Å²) in [6, 6.07) is 7.56. The summed E-state index contributed by atoms with van der Waals surface area (Å²) >= 11 is 0.963. The first kappa shape index (κ1) is 18.9. The van der Waals surface area contributed by atoms with E-state index in [-0.39, 0.29) is 15.2 Å². The van der Waals surface area contributed by atoms with Gasteiger partial charge in [0.05, 0.1) is 11.2 Å². The van der Waals surface area contributed by atoms with Crippen LogP contribution in [0.1, 0.15) is 12.6 Å². The molecule has 10 heteroatoms. The molecule has 148 valence electrons. The first-order chi connectivity index (χ1) is 13.4. The van der Waals surface area contributed by atoms with Crippen molar-refractivity contribution < 1.29 is 13.2 Å². The fourth-order valence-corrected chi connectivity index (χ4v) is 6.31. The van der Waals surface area contributed by atoms with Crippen LogP contribution in [0.2, 0.25) is 0 Å². The number of thiazole rings is 1. The van der Waals surface area contributed by atoms with E-state index >= 15 is 0 Å². The molecule has 28 heavy (non-hydrogen) atoms. The van der Waals surface area contributed by atoms with E-state index in [0.29, 0.717) is 11.2 Å². The molecule has 1 aliphatic heterocycles. The zero-order chi connectivity index (χ0) is 19.9. The van der Waals surface area contributed by atoms with Gasteiger partial charge in [0.2, 0.25) is 5.91 Å². The summed E-state index contributed by atoms with van der Waals surface area (Å²) in [5.41, 5.74) is 2.03. The maximum absolute atomic E-state index is 13.3. The van der Waals surface area contributed by atoms with Crippen molar-refractivity contribution in [2.45, 2.75) is 18.1 Å². The standard InChI is InChI=1S/C18H21N5O3S2/c1-12-17(27-18(20-12)21-13(2)24)28(25,26)23-9-6-14-15(4-3-5-16(14)23)22-10-7-19-8-11-22/h3-6,9,19H,7-8,10-11H2,1-2H3,(H,20,21,24). The van der Waals surface area contributed by atoms with E-state index in [4.69, 9.17) is 0 Å². The number of piperazine rings is 1. The van der Waals surface area contributed by atoms with E-state index in [9.17, 15) is 13.2 Å². The topological polar surface area (TPSA) is 96.3 Å². The van der Waals surface area contributed by atoms with Gasteiger partial charge < -0.3 is 15.5 Å². The Balaban J connectivity index is 1.79. The number of carbonyl (C=O) groups is 1. The monoisotopic (exact) mass is 419 g/mol. The predicted molar refractivity (Wildman–Crippen MR) is 111 cm³/mol. The Morgan fingerprint density at radius 2 is 2.00 bits per heavy atom. The number of nitrogens with zero attached hydrogens (tertiary/aromatic N) is 3. The van der Waals surface area contributed by atoms with E-state index in [1.807, 2.05) is 24.3 Å². The first-order valence-electron chi connectivity index (χ1n) is 8.94. The molecule has 0 radical (unpaired) electrons. The number of hydrogen-bond acceptors (Lipinski definition) is 7. The van der Waals surface area contributed by atoms with Gasteiger partial charge in [0.1, 0.15) is 0 Å². The second-order valence-corrected chi connectivity index (χ2v) is 9.65. The molecule has 2 N–H and O–H groups in total. The van der Waals surface area contributed by atoms with Crippen LogP contribution >= 0.6 is 11.3 Å². The van der Waals surface area contributed by atoms with Gasteiger partial charge in [0.15, 0.2) is 9.34 Å². The van der Waals surface area contributed by atoms with Gasteiger partial charge in [-0.15, -0.1) is 0 Å². The molecule has 3 aromatic rings. The van der Waals surface area contributed by atoms with Gasteiger partial charge in [0, 0.05) is 50.4 Å². The Labute approximate surface area is 167 Å². The smallest absolute Gasteiger partial charge is 0.279 e. The molecular weight excluding hydrogens is 398 g/mol. The third-order valence-electron chi connectivity index (χ3n) is 4.66. The lowest BCUT2D eigenvalue weighted by atomic mass is 10.2. The van der Waals surface area contributed by atoms with Crippen LogP contribution in [0.4, 0.5) is 10.8 Å². The quantitative estimate of drug-likeness (QED) is 0.672. The number of aryl methyl sites for hydroxylation is 1. The van der Waals surface area contributed by atoms with Crippen LogP contribution < -0.4 is 15.5 Å². The van der Waals surface area contributed by atoms with E-state index in [2.05, 4.69) is 20.5 Å². The molecule has 0 atom stereocenters. The molecule has 1 saturated heterocycles. The van der Waals surface area contributed by atoms with Crippen LogP contribution in [0.25, 0.3) is 10.9 Å². The fraction of sp³-hybridized carbons (Fsp3) is 0.333. The Morgan fingerprint density at radius 3 is 2.71 bits per heavy atom. The summed E-state index contributed by atoms with van der Waals surface area (Å²) in [6.45, 7) is 6.56. The summed E-state index contributed by atoms with van der Waals surface area (Å²) in [5, 5.41) is 7.06. The van der Waals surface area contributed by atoms with Crippen molar-refractivity contribution in [3.8, 4) is 0 Å². The van der Waals surface area contributed by atoms with Crippen LogP contribution in [0.3, 0.4) is 0 Å². The average molecular weight is 420 g/mol. The van der Waals surface area contributed by atoms with E-state index < -0.39 is 10.0 Å². The van der Waals surface area contributed by atoms with Gasteiger partial charge in [-0.2, -0.15) is 8.42 Å². The maximum Gasteiger partial charge on any atom is 0.279 e. The molecular formula is C18H21N5O3S2. The highest BCUT2D eigenvalue weighted by molar-refractivity contribution is 7.92. The molecule has 0 bridgehead atoms. The van der Waals surface area contributed by atoms with Gasteiger partial charge in [-0.25, -0.2) is 8.96 Å². The molecule has 8 nitrogen and oxygen atoms in total. The summed E-state index contributed by atoms with van der Waals surface area (Å²) < 4.78 is 28.1. The van der Waals surface area contributed by atoms with Crippen LogP contribution in [0, 0.1) is 6.92 Å². The van der Waals surface area contributed by atoms with Crippen molar-refractivity contribution in [3.05, 3.63) is 36.2 Å². The molecule has 0 saturated carbocycles. The number of hydrogen-bond donors (Lipinski definition) is 2. The zero-order valence-corrected chi connectivity index (χ0v) is 17.2. The summed E-state index contributed by atoms with van der Waals surface area (Å²) in [7, 11) is -3.82. The molecule has 0 unspecified atom stereocenters. The molecule has 3 heterocycles. The zero-order valence-electron chi connectivity index (χ0n) is 15.6. The van der Waals surface area contributed by atoms with Crippen LogP contribution in [0.15, 0.2) is 34.7 Å². The molecule has 2 aromatic heterocycles. The SMILES string of the molecule is CC(=O)Nc1nc(C)c(S(=O)(=O)n2ccc3c(N4CCNCC4)cccc32)s1. The molecule has 0 spiro atoms. The summed E-state index contributed by atoms with van der Waals surface area (Å²) in [6.07, 6.45) is 1.59. The minimum atomic E-state index is -3.82. The Bertz CT molecular complexity index is 1140. The molecule has 1 aliphatic rings. The minimum Gasteiger partial charge on any atom is -0.368 e. The number of anilines is 2. The number of nitrogens with one attached hydrogen (secondary N) is 2. The van der Waals surface area contributed by atoms with Gasteiger partial charge in [-0.3, -0.25) is 4.79 Å². The Kier molecular flexibility index (Phi) is 4.86. The second kappa shape index (κ2) is 7.19. The number of rotatable bonds is 4. The van der Waals surface area contributed by atoms with Crippen molar-refractivity contribution >= 4 is 49.0 Å². The van der Waals surface area contributed by atoms with Crippen molar-refractivity contribution in [3.63, 3.8) is 0 Å². The van der Waals surface area contributed by atoms with Crippen LogP contribution in [-0.2, 0) is 14.8 Å². The lowest BCUT2D eigenvalue weighted by Gasteiger charge is -2.30. The van der Waals surface area contributed by atoms with Gasteiger partial charge >= 0.3 is 0 Å². The Morgan fingerprint density at radius 1 is 1.25 bits per heavy atom. The lowest BCUT2D eigenvalue weighted by molar-refractivity contribution is -0.114. The largest absolute Gasteiger partial charge is 0.368 e. The summed E-state index contributed by atoms with van der Waals surface area (Å²) in [4.78, 5) is 17.7. The molecule has 1 aromatic carbocycles.